The Balaban J connectivity index is 1.91. The van der Waals surface area contributed by atoms with Gasteiger partial charge in [0.1, 0.15) is 0 Å². The van der Waals surface area contributed by atoms with Crippen molar-refractivity contribution in [3.8, 4) is 0 Å². The van der Waals surface area contributed by atoms with Crippen LogP contribution >= 0.6 is 11.8 Å². The van der Waals surface area contributed by atoms with Crippen molar-refractivity contribution >= 4 is 22.8 Å². The summed E-state index contributed by atoms with van der Waals surface area (Å²) in [6.07, 6.45) is 1.79. The zero-order valence-corrected chi connectivity index (χ0v) is 11.9. The SMILES string of the molecule is CC(CCO)SCCCn1c(=O)[nH]c2ccccc21. The van der Waals surface area contributed by atoms with Crippen molar-refractivity contribution < 1.29 is 5.11 Å². The minimum Gasteiger partial charge on any atom is -0.396 e. The average Bonchev–Trinajstić information content (AvgIpc) is 2.71. The lowest BCUT2D eigenvalue weighted by Crippen LogP contribution is -2.17. The van der Waals surface area contributed by atoms with Gasteiger partial charge in [0.05, 0.1) is 11.0 Å². The number of thioether (sulfide) groups is 1. The number of aliphatic hydroxyl groups is 1. The summed E-state index contributed by atoms with van der Waals surface area (Å²) in [6, 6.07) is 7.76. The molecule has 0 radical (unpaired) electrons. The number of H-pyrrole nitrogens is 1. The molecular weight excluding hydrogens is 260 g/mol. The fourth-order valence-corrected chi connectivity index (χ4v) is 3.07. The lowest BCUT2D eigenvalue weighted by Gasteiger charge is -2.09. The Kier molecular flexibility index (Phi) is 5.10. The Morgan fingerprint density at radius 3 is 3.00 bits per heavy atom. The van der Waals surface area contributed by atoms with Gasteiger partial charge in [0.15, 0.2) is 0 Å². The fourth-order valence-electron chi connectivity index (χ4n) is 2.10. The summed E-state index contributed by atoms with van der Waals surface area (Å²) in [5, 5.41) is 9.31. The predicted molar refractivity (Wildman–Crippen MR) is 80.8 cm³/mol. The maximum Gasteiger partial charge on any atom is 0.326 e. The molecule has 0 amide bonds. The highest BCUT2D eigenvalue weighted by Crippen LogP contribution is 2.15. The van der Waals surface area contributed by atoms with Gasteiger partial charge in [-0.1, -0.05) is 19.1 Å². The minimum atomic E-state index is -0.0328. The smallest absolute Gasteiger partial charge is 0.326 e. The number of hydrogen-bond donors (Lipinski definition) is 2. The van der Waals surface area contributed by atoms with Crippen LogP contribution in [-0.2, 0) is 6.54 Å². The standard InChI is InChI=1S/C14H20N2O2S/c1-11(7-9-17)19-10-4-8-16-13-6-3-2-5-12(13)15-14(16)18/h2-3,5-6,11,17H,4,7-10H2,1H3,(H,15,18). The molecule has 0 aliphatic heterocycles. The second-order valence-corrected chi connectivity index (χ2v) is 6.19. The third kappa shape index (κ3) is 3.64. The molecule has 0 aliphatic rings. The van der Waals surface area contributed by atoms with E-state index in [1.54, 1.807) is 4.57 Å². The number of imidazole rings is 1. The molecule has 1 unspecified atom stereocenters. The summed E-state index contributed by atoms with van der Waals surface area (Å²) in [7, 11) is 0. The van der Waals surface area contributed by atoms with Gasteiger partial charge in [-0.05, 0) is 30.7 Å². The van der Waals surface area contributed by atoms with Crippen LogP contribution in [0.15, 0.2) is 29.1 Å². The number of hydrogen-bond acceptors (Lipinski definition) is 3. The van der Waals surface area contributed by atoms with Crippen LogP contribution in [0.5, 0.6) is 0 Å². The number of nitrogens with one attached hydrogen (secondary N) is 1. The number of aryl methyl sites for hydroxylation is 1. The van der Waals surface area contributed by atoms with Crippen LogP contribution in [0.2, 0.25) is 0 Å². The topological polar surface area (TPSA) is 58.0 Å². The number of aliphatic hydroxyl groups excluding tert-OH is 1. The van der Waals surface area contributed by atoms with Crippen molar-refractivity contribution in [3.05, 3.63) is 34.7 Å². The third-order valence-electron chi connectivity index (χ3n) is 3.15. The normalized spacial score (nSPS) is 12.9. The molecule has 0 aliphatic carbocycles. The van der Waals surface area contributed by atoms with Gasteiger partial charge in [0.2, 0.25) is 0 Å². The Bertz CT molecular complexity index is 576. The largest absolute Gasteiger partial charge is 0.396 e. The van der Waals surface area contributed by atoms with Crippen LogP contribution in [-0.4, -0.2) is 32.3 Å². The van der Waals surface area contributed by atoms with E-state index in [1.807, 2.05) is 36.0 Å². The van der Waals surface area contributed by atoms with Crippen LogP contribution in [0.3, 0.4) is 0 Å². The van der Waals surface area contributed by atoms with Gasteiger partial charge in [0, 0.05) is 18.4 Å². The van der Waals surface area contributed by atoms with Crippen LogP contribution < -0.4 is 5.69 Å². The average molecular weight is 280 g/mol. The molecule has 1 atom stereocenters. The first-order valence-corrected chi connectivity index (χ1v) is 7.67. The van der Waals surface area contributed by atoms with E-state index in [9.17, 15) is 4.79 Å². The van der Waals surface area contributed by atoms with Gasteiger partial charge in [-0.3, -0.25) is 4.57 Å². The molecule has 1 heterocycles. The molecule has 0 spiro atoms. The molecule has 2 aromatic rings. The molecule has 0 bridgehead atoms. The second kappa shape index (κ2) is 6.82. The fraction of sp³-hybridized carbons (Fsp3) is 0.500. The molecular formula is C14H20N2O2S. The first kappa shape index (κ1) is 14.2. The van der Waals surface area contributed by atoms with Gasteiger partial charge in [-0.25, -0.2) is 4.79 Å². The number of nitrogens with zero attached hydrogens (tertiary/aromatic N) is 1. The van der Waals surface area contributed by atoms with E-state index in [2.05, 4.69) is 11.9 Å². The lowest BCUT2D eigenvalue weighted by atomic mass is 10.3. The Morgan fingerprint density at radius 2 is 2.21 bits per heavy atom. The molecule has 1 aromatic carbocycles. The summed E-state index contributed by atoms with van der Waals surface area (Å²) >= 11 is 1.85. The highest BCUT2D eigenvalue weighted by atomic mass is 32.2. The van der Waals surface area contributed by atoms with E-state index in [0.29, 0.717) is 5.25 Å². The number of aromatic nitrogens is 2. The van der Waals surface area contributed by atoms with E-state index in [-0.39, 0.29) is 12.3 Å². The van der Waals surface area contributed by atoms with Gasteiger partial charge in [-0.15, -0.1) is 0 Å². The van der Waals surface area contributed by atoms with E-state index >= 15 is 0 Å². The van der Waals surface area contributed by atoms with E-state index in [1.165, 1.54) is 0 Å². The first-order valence-electron chi connectivity index (χ1n) is 6.62. The van der Waals surface area contributed by atoms with Gasteiger partial charge >= 0.3 is 5.69 Å². The number of fused-ring (bicyclic) bond motifs is 1. The summed E-state index contributed by atoms with van der Waals surface area (Å²) < 4.78 is 1.80. The van der Waals surface area contributed by atoms with Crippen molar-refractivity contribution in [2.24, 2.45) is 0 Å². The molecule has 5 heteroatoms. The zero-order valence-electron chi connectivity index (χ0n) is 11.1. The van der Waals surface area contributed by atoms with Gasteiger partial charge < -0.3 is 10.1 Å². The maximum atomic E-state index is 11.8. The molecule has 2 N–H and O–H groups in total. The highest BCUT2D eigenvalue weighted by molar-refractivity contribution is 7.99. The van der Waals surface area contributed by atoms with Crippen molar-refractivity contribution in [2.75, 3.05) is 12.4 Å². The summed E-state index contributed by atoms with van der Waals surface area (Å²) in [5.74, 6) is 1.01. The van der Waals surface area contributed by atoms with Crippen LogP contribution in [0.4, 0.5) is 0 Å². The predicted octanol–water partition coefficient (Wildman–Crippen LogP) is 2.22. The Hall–Kier alpha value is -1.20. The highest BCUT2D eigenvalue weighted by Gasteiger charge is 2.06. The Labute approximate surface area is 116 Å². The van der Waals surface area contributed by atoms with Gasteiger partial charge in [0.25, 0.3) is 0 Å². The molecule has 4 nitrogen and oxygen atoms in total. The lowest BCUT2D eigenvalue weighted by molar-refractivity contribution is 0.289. The van der Waals surface area contributed by atoms with E-state index in [0.717, 1.165) is 36.2 Å². The molecule has 2 rings (SSSR count). The van der Waals surface area contributed by atoms with Crippen molar-refractivity contribution in [3.63, 3.8) is 0 Å². The summed E-state index contributed by atoms with van der Waals surface area (Å²) in [6.45, 7) is 3.11. The Morgan fingerprint density at radius 1 is 1.42 bits per heavy atom. The number of aromatic amines is 1. The minimum absolute atomic E-state index is 0.0328. The van der Waals surface area contributed by atoms with Crippen LogP contribution in [0.25, 0.3) is 11.0 Å². The molecule has 1 aromatic heterocycles. The van der Waals surface area contributed by atoms with Gasteiger partial charge in [-0.2, -0.15) is 11.8 Å². The molecule has 104 valence electrons. The molecule has 0 saturated carbocycles. The molecule has 0 saturated heterocycles. The molecule has 19 heavy (non-hydrogen) atoms. The zero-order chi connectivity index (χ0) is 13.7. The summed E-state index contributed by atoms with van der Waals surface area (Å²) in [5.41, 5.74) is 1.84. The number of para-hydroxylation sites is 2. The third-order valence-corrected chi connectivity index (χ3v) is 4.47. The van der Waals surface area contributed by atoms with Crippen LogP contribution in [0, 0.1) is 0 Å². The first-order chi connectivity index (χ1) is 9.22. The second-order valence-electron chi connectivity index (χ2n) is 4.65. The molecule has 0 fully saturated rings. The number of benzene rings is 1. The maximum absolute atomic E-state index is 11.8. The van der Waals surface area contributed by atoms with E-state index in [4.69, 9.17) is 5.11 Å². The van der Waals surface area contributed by atoms with Crippen molar-refractivity contribution in [1.29, 1.82) is 0 Å². The van der Waals surface area contributed by atoms with Crippen molar-refractivity contribution in [2.45, 2.75) is 31.6 Å². The van der Waals surface area contributed by atoms with E-state index < -0.39 is 0 Å². The monoisotopic (exact) mass is 280 g/mol. The van der Waals surface area contributed by atoms with Crippen LogP contribution in [0.1, 0.15) is 19.8 Å². The quantitative estimate of drug-likeness (QED) is 0.765. The van der Waals surface area contributed by atoms with Crippen molar-refractivity contribution in [1.82, 2.24) is 9.55 Å². The number of rotatable bonds is 7. The summed E-state index contributed by atoms with van der Waals surface area (Å²) in [4.78, 5) is 14.7.